The van der Waals surface area contributed by atoms with Crippen LogP contribution in [0.4, 0.5) is 55.3 Å². The van der Waals surface area contributed by atoms with Gasteiger partial charge < -0.3 is 20.9 Å². The van der Waals surface area contributed by atoms with Crippen molar-refractivity contribution in [1.29, 1.82) is 0 Å². The molecule has 0 saturated carbocycles. The lowest BCUT2D eigenvalue weighted by Crippen LogP contribution is -2.18. The molecule has 0 bridgehead atoms. The fourth-order valence-electron chi connectivity index (χ4n) is 2.75. The van der Waals surface area contributed by atoms with Gasteiger partial charge in [-0.15, -0.1) is 0 Å². The molecule has 0 radical (unpaired) electrons. The fraction of sp³-hybridized carbons (Fsp3) is 0.100. The molecule has 0 amide bonds. The number of anilines is 2. The maximum absolute atomic E-state index is 14.2. The van der Waals surface area contributed by atoms with Crippen molar-refractivity contribution in [3.05, 3.63) is 70.8 Å². The number of benzene rings is 3. The Morgan fingerprint density at radius 1 is 0.588 bits per heavy atom. The first-order chi connectivity index (χ1) is 15.6. The summed E-state index contributed by atoms with van der Waals surface area (Å²) in [5.41, 5.74) is 3.27. The molecule has 3 aromatic rings. The van der Waals surface area contributed by atoms with Crippen molar-refractivity contribution in [2.24, 2.45) is 0 Å². The van der Waals surface area contributed by atoms with Gasteiger partial charge in [-0.25, -0.2) is 17.6 Å². The first kappa shape index (κ1) is 24.8. The molecule has 0 aliphatic rings. The summed E-state index contributed by atoms with van der Waals surface area (Å²) in [7, 11) is 0. The van der Waals surface area contributed by atoms with Crippen LogP contribution < -0.4 is 20.9 Å². The van der Waals surface area contributed by atoms with Crippen LogP contribution in [0.3, 0.4) is 0 Å². The molecule has 0 aliphatic heterocycles. The van der Waals surface area contributed by atoms with Gasteiger partial charge in [0.1, 0.15) is 40.1 Å². The third-order valence-electron chi connectivity index (χ3n) is 4.29. The predicted molar refractivity (Wildman–Crippen MR) is 98.1 cm³/mol. The lowest BCUT2D eigenvalue weighted by molar-refractivity contribution is -0.162. The van der Waals surface area contributed by atoms with E-state index < -0.39 is 81.1 Å². The molecule has 0 fully saturated rings. The lowest BCUT2D eigenvalue weighted by Gasteiger charge is -2.21. The van der Waals surface area contributed by atoms with Crippen LogP contribution in [0.25, 0.3) is 0 Å². The molecule has 34 heavy (non-hydrogen) atoms. The molecular weight excluding hydrogens is 490 g/mol. The fourth-order valence-corrected chi connectivity index (χ4v) is 2.75. The van der Waals surface area contributed by atoms with Crippen molar-refractivity contribution in [2.75, 3.05) is 11.5 Å². The van der Waals surface area contributed by atoms with E-state index >= 15 is 0 Å². The molecule has 3 rings (SSSR count). The Balaban J connectivity index is 2.24. The Hall–Kier alpha value is -3.84. The van der Waals surface area contributed by atoms with E-state index in [0.717, 1.165) is 0 Å². The summed E-state index contributed by atoms with van der Waals surface area (Å²) in [6, 6.07) is 2.33. The Bertz CT molecular complexity index is 1260. The Labute approximate surface area is 183 Å². The van der Waals surface area contributed by atoms with E-state index in [0.29, 0.717) is 24.3 Å². The number of rotatable bonds is 4. The van der Waals surface area contributed by atoms with Crippen molar-refractivity contribution in [3.8, 4) is 23.0 Å². The molecule has 0 heterocycles. The van der Waals surface area contributed by atoms with Gasteiger partial charge in [-0.1, -0.05) is 0 Å². The van der Waals surface area contributed by atoms with Gasteiger partial charge in [0.05, 0.1) is 5.56 Å². The Morgan fingerprint density at radius 2 is 1.06 bits per heavy atom. The molecule has 14 heteroatoms. The molecule has 0 aromatic heterocycles. The quantitative estimate of drug-likeness (QED) is 0.298. The van der Waals surface area contributed by atoms with E-state index in [9.17, 15) is 43.9 Å². The van der Waals surface area contributed by atoms with Crippen molar-refractivity contribution in [1.82, 2.24) is 0 Å². The third-order valence-corrected chi connectivity index (χ3v) is 4.29. The number of hydrogen-bond acceptors (Lipinski definition) is 4. The highest BCUT2D eigenvalue weighted by Crippen LogP contribution is 2.49. The monoisotopic (exact) mass is 500 g/mol. The van der Waals surface area contributed by atoms with Gasteiger partial charge >= 0.3 is 12.4 Å². The topological polar surface area (TPSA) is 70.5 Å². The standard InChI is InChI=1S/C20H10F10N2O2/c21-9-1-3-11(15(23)17(9)31)33-7-5-8(19(25,26)27)14(20(28,29)30)13(6-7)34-12-4-2-10(22)18(32)16(12)24/h1-6H,31-32H2. The maximum atomic E-state index is 14.2. The van der Waals surface area contributed by atoms with Crippen molar-refractivity contribution < 1.29 is 53.4 Å². The van der Waals surface area contributed by atoms with E-state index in [1.165, 1.54) is 0 Å². The summed E-state index contributed by atoms with van der Waals surface area (Å²) in [4.78, 5) is 0. The highest BCUT2D eigenvalue weighted by Gasteiger charge is 2.46. The van der Waals surface area contributed by atoms with Crippen molar-refractivity contribution >= 4 is 11.4 Å². The van der Waals surface area contributed by atoms with Crippen LogP contribution in [0, 0.1) is 23.3 Å². The molecule has 0 atom stereocenters. The molecule has 4 nitrogen and oxygen atoms in total. The number of alkyl halides is 6. The van der Waals surface area contributed by atoms with E-state index in [-0.39, 0.29) is 12.1 Å². The summed E-state index contributed by atoms with van der Waals surface area (Å²) >= 11 is 0. The number of ether oxygens (including phenoxy) is 2. The molecule has 0 unspecified atom stereocenters. The van der Waals surface area contributed by atoms with Gasteiger partial charge in [0.25, 0.3) is 0 Å². The molecule has 4 N–H and O–H groups in total. The molecule has 0 saturated heterocycles. The van der Waals surface area contributed by atoms with E-state index in [1.54, 1.807) is 0 Å². The first-order valence-corrected chi connectivity index (χ1v) is 8.76. The summed E-state index contributed by atoms with van der Waals surface area (Å²) in [6.45, 7) is 0. The van der Waals surface area contributed by atoms with Gasteiger partial charge in [-0.3, -0.25) is 0 Å². The third kappa shape index (κ3) is 4.75. The zero-order valence-electron chi connectivity index (χ0n) is 16.2. The zero-order chi connectivity index (χ0) is 25.6. The SMILES string of the molecule is Nc1c(F)ccc(Oc2cc(Oc3ccc(F)c(N)c3F)c(C(F)(F)F)c(C(F)(F)F)c2)c1F. The van der Waals surface area contributed by atoms with Crippen molar-refractivity contribution in [3.63, 3.8) is 0 Å². The zero-order valence-corrected chi connectivity index (χ0v) is 16.2. The number of nitrogen functional groups attached to an aromatic ring is 2. The first-order valence-electron chi connectivity index (χ1n) is 8.76. The van der Waals surface area contributed by atoms with Crippen LogP contribution in [0.2, 0.25) is 0 Å². The second kappa shape index (κ2) is 8.50. The number of hydrogen-bond donors (Lipinski definition) is 2. The Kier molecular flexibility index (Phi) is 6.20. The van der Waals surface area contributed by atoms with Crippen LogP contribution in [0.5, 0.6) is 23.0 Å². The van der Waals surface area contributed by atoms with Crippen LogP contribution in [-0.4, -0.2) is 0 Å². The summed E-state index contributed by atoms with van der Waals surface area (Å²) in [5, 5.41) is 0. The van der Waals surface area contributed by atoms with Gasteiger partial charge in [0.2, 0.25) is 0 Å². The summed E-state index contributed by atoms with van der Waals surface area (Å²) in [5.74, 6) is -10.5. The highest BCUT2D eigenvalue weighted by atomic mass is 19.4. The van der Waals surface area contributed by atoms with Crippen molar-refractivity contribution in [2.45, 2.75) is 12.4 Å². The van der Waals surface area contributed by atoms with Crippen LogP contribution in [-0.2, 0) is 12.4 Å². The van der Waals surface area contributed by atoms with Gasteiger partial charge in [-0.2, -0.15) is 26.3 Å². The predicted octanol–water partition coefficient (Wildman–Crippen LogP) is 7.03. The molecule has 3 aromatic carbocycles. The maximum Gasteiger partial charge on any atom is 0.420 e. The molecule has 0 aliphatic carbocycles. The molecule has 182 valence electrons. The minimum absolute atomic E-state index is 0.121. The van der Waals surface area contributed by atoms with E-state index in [2.05, 4.69) is 4.74 Å². The summed E-state index contributed by atoms with van der Waals surface area (Å²) < 4.78 is 146. The van der Waals surface area contributed by atoms with E-state index in [1.807, 2.05) is 0 Å². The minimum atomic E-state index is -5.69. The minimum Gasteiger partial charge on any atom is -0.454 e. The Morgan fingerprint density at radius 3 is 1.50 bits per heavy atom. The van der Waals surface area contributed by atoms with Crippen LogP contribution in [0.15, 0.2) is 36.4 Å². The largest absolute Gasteiger partial charge is 0.454 e. The lowest BCUT2D eigenvalue weighted by atomic mass is 10.0. The number of halogens is 10. The van der Waals surface area contributed by atoms with E-state index in [4.69, 9.17) is 16.2 Å². The average Bonchev–Trinajstić information content (AvgIpc) is 2.73. The van der Waals surface area contributed by atoms with Gasteiger partial charge in [0.15, 0.2) is 23.1 Å². The second-order valence-electron chi connectivity index (χ2n) is 6.59. The number of nitrogens with two attached hydrogens (primary N) is 2. The van der Waals surface area contributed by atoms with Gasteiger partial charge in [0, 0.05) is 6.07 Å². The highest BCUT2D eigenvalue weighted by molar-refractivity contribution is 5.55. The van der Waals surface area contributed by atoms with Crippen LogP contribution in [0.1, 0.15) is 11.1 Å². The molecular formula is C20H10F10N2O2. The second-order valence-corrected chi connectivity index (χ2v) is 6.59. The average molecular weight is 500 g/mol. The normalized spacial score (nSPS) is 12.1. The van der Waals surface area contributed by atoms with Gasteiger partial charge in [-0.05, 0) is 30.3 Å². The smallest absolute Gasteiger partial charge is 0.420 e. The van der Waals surface area contributed by atoms with Crippen LogP contribution >= 0.6 is 0 Å². The summed E-state index contributed by atoms with van der Waals surface area (Å²) in [6.07, 6.45) is -11.3. The molecule has 0 spiro atoms.